The van der Waals surface area contributed by atoms with Crippen molar-refractivity contribution in [3.8, 4) is 0 Å². The first-order chi connectivity index (χ1) is 16.3. The number of nitrogens with one attached hydrogen (secondary N) is 1. The summed E-state index contributed by atoms with van der Waals surface area (Å²) in [5.74, 6) is -2.28. The molecule has 0 spiro atoms. The van der Waals surface area contributed by atoms with E-state index in [2.05, 4.69) is 5.32 Å². The van der Waals surface area contributed by atoms with Gasteiger partial charge >= 0.3 is 5.97 Å². The van der Waals surface area contributed by atoms with Crippen molar-refractivity contribution in [1.29, 1.82) is 0 Å². The van der Waals surface area contributed by atoms with Crippen LogP contribution in [0.4, 0.5) is 0 Å². The van der Waals surface area contributed by atoms with Crippen LogP contribution in [0.1, 0.15) is 23.2 Å². The smallest absolute Gasteiger partial charge is 0.327 e. The number of fused-ring (bicyclic) bond motifs is 1. The molecule has 9 nitrogen and oxygen atoms in total. The maximum Gasteiger partial charge on any atom is 0.327 e. The summed E-state index contributed by atoms with van der Waals surface area (Å²) in [6.45, 7) is -0.422. The van der Waals surface area contributed by atoms with E-state index >= 15 is 0 Å². The summed E-state index contributed by atoms with van der Waals surface area (Å²) in [6.07, 6.45) is 4.06. The highest BCUT2D eigenvalue weighted by molar-refractivity contribution is 7.89. The van der Waals surface area contributed by atoms with E-state index in [9.17, 15) is 27.9 Å². The van der Waals surface area contributed by atoms with E-state index in [-0.39, 0.29) is 24.4 Å². The Morgan fingerprint density at radius 3 is 2.18 bits per heavy atom. The molecule has 178 valence electrons. The van der Waals surface area contributed by atoms with Gasteiger partial charge in [-0.15, -0.1) is 0 Å². The maximum absolute atomic E-state index is 13.5. The van der Waals surface area contributed by atoms with Crippen molar-refractivity contribution in [3.63, 3.8) is 0 Å². The molecule has 0 bridgehead atoms. The number of carbonyl (C=O) groups excluding carboxylic acids is 2. The maximum atomic E-state index is 13.5. The topological polar surface area (TPSA) is 124 Å². The predicted octanol–water partition coefficient (Wildman–Crippen LogP) is 1.49. The number of carboxylic acid groups (broad SMARTS) is 1. The molecule has 10 heteroatoms. The molecule has 2 aliphatic rings. The Kier molecular flexibility index (Phi) is 6.80. The fourth-order valence-electron chi connectivity index (χ4n) is 4.31. The van der Waals surface area contributed by atoms with E-state index in [0.29, 0.717) is 12.0 Å². The Hall–Kier alpha value is -3.50. The number of piperazine rings is 1. The van der Waals surface area contributed by atoms with Gasteiger partial charge in [0.1, 0.15) is 12.1 Å². The average Bonchev–Trinajstić information content (AvgIpc) is 2.84. The minimum atomic E-state index is -3.95. The number of hydrogen-bond donors (Lipinski definition) is 2. The highest BCUT2D eigenvalue weighted by atomic mass is 32.2. The van der Waals surface area contributed by atoms with Crippen LogP contribution in [0.5, 0.6) is 0 Å². The average molecular weight is 484 g/mol. The van der Waals surface area contributed by atoms with Gasteiger partial charge < -0.3 is 15.3 Å². The highest BCUT2D eigenvalue weighted by Gasteiger charge is 2.46. The van der Waals surface area contributed by atoms with Gasteiger partial charge in [-0.25, -0.2) is 13.2 Å². The molecule has 2 aliphatic heterocycles. The zero-order chi connectivity index (χ0) is 24.3. The molecular weight excluding hydrogens is 458 g/mol. The lowest BCUT2D eigenvalue weighted by atomic mass is 9.98. The summed E-state index contributed by atoms with van der Waals surface area (Å²) in [6, 6.07) is 13.2. The van der Waals surface area contributed by atoms with Crippen LogP contribution in [0.2, 0.25) is 0 Å². The third kappa shape index (κ3) is 4.73. The minimum Gasteiger partial charge on any atom is -0.480 e. The Labute approximate surface area is 197 Å². The van der Waals surface area contributed by atoms with E-state index in [1.807, 2.05) is 0 Å². The number of nitrogens with zero attached hydrogens (tertiary/aromatic N) is 2. The molecule has 0 radical (unpaired) electrons. The summed E-state index contributed by atoms with van der Waals surface area (Å²) >= 11 is 0. The second-order valence-electron chi connectivity index (χ2n) is 8.22. The first kappa shape index (κ1) is 23.7. The normalized spacial score (nSPS) is 24.4. The molecule has 2 amide bonds. The number of hydrogen-bond acceptors (Lipinski definition) is 5. The fourth-order valence-corrected chi connectivity index (χ4v) is 5.81. The standard InChI is InChI=1S/C24H25N3O6S/c28-22(17-9-3-1-4-10-17)25-20-14-8-7-11-18-15-26(16-21(24(30)31)27(18)23(20)29)34(32,33)19-12-5-2-6-13-19/h1-10,12-13,18,20-21H,11,14-16H2,(H,25,28)(H,30,31)/b8-7-/t18-,20-,21-/m0/s1. The van der Waals surface area contributed by atoms with Gasteiger partial charge in [0, 0.05) is 24.7 Å². The van der Waals surface area contributed by atoms with Crippen LogP contribution in [0.3, 0.4) is 0 Å². The third-order valence-electron chi connectivity index (χ3n) is 6.03. The quantitative estimate of drug-likeness (QED) is 0.621. The molecule has 34 heavy (non-hydrogen) atoms. The molecule has 0 unspecified atom stereocenters. The number of aliphatic carboxylic acids is 1. The van der Waals surface area contributed by atoms with E-state index in [1.54, 1.807) is 60.7 Å². The monoisotopic (exact) mass is 483 g/mol. The number of sulfonamides is 1. The molecule has 2 aromatic carbocycles. The van der Waals surface area contributed by atoms with Crippen LogP contribution in [-0.4, -0.2) is 71.7 Å². The SMILES string of the molecule is O=C(N[C@H]1C/C=C\C[C@H]2CN(S(=O)(=O)c3ccccc3)C[C@@H](C(=O)O)N2C1=O)c1ccccc1. The van der Waals surface area contributed by atoms with Crippen LogP contribution >= 0.6 is 0 Å². The van der Waals surface area contributed by atoms with Crippen LogP contribution in [0, 0.1) is 0 Å². The van der Waals surface area contributed by atoms with Gasteiger partial charge in [-0.1, -0.05) is 48.6 Å². The van der Waals surface area contributed by atoms with Crippen molar-refractivity contribution in [3.05, 3.63) is 78.4 Å². The summed E-state index contributed by atoms with van der Waals surface area (Å²) in [7, 11) is -3.95. The molecule has 1 saturated heterocycles. The number of amides is 2. The van der Waals surface area contributed by atoms with Gasteiger partial charge in [0.05, 0.1) is 4.90 Å². The van der Waals surface area contributed by atoms with E-state index in [4.69, 9.17) is 0 Å². The molecule has 0 saturated carbocycles. The van der Waals surface area contributed by atoms with Crippen molar-refractivity contribution < 1.29 is 27.9 Å². The zero-order valence-electron chi connectivity index (χ0n) is 18.3. The lowest BCUT2D eigenvalue weighted by Crippen LogP contribution is -2.66. The Morgan fingerprint density at radius 2 is 1.53 bits per heavy atom. The number of carboxylic acids is 1. The number of benzene rings is 2. The van der Waals surface area contributed by atoms with Gasteiger partial charge in [-0.2, -0.15) is 4.31 Å². The summed E-state index contributed by atoms with van der Waals surface area (Å²) in [5.41, 5.74) is 0.381. The molecule has 0 aliphatic carbocycles. The molecule has 4 rings (SSSR count). The summed E-state index contributed by atoms with van der Waals surface area (Å²) in [4.78, 5) is 39.6. The van der Waals surface area contributed by atoms with Gasteiger partial charge in [0.2, 0.25) is 15.9 Å². The second-order valence-corrected chi connectivity index (χ2v) is 10.2. The lowest BCUT2D eigenvalue weighted by Gasteiger charge is -2.46. The molecule has 3 atom stereocenters. The van der Waals surface area contributed by atoms with Crippen molar-refractivity contribution in [2.24, 2.45) is 0 Å². The van der Waals surface area contributed by atoms with Crippen molar-refractivity contribution >= 4 is 27.8 Å². The Bertz CT molecular complexity index is 1200. The van der Waals surface area contributed by atoms with E-state index in [0.717, 1.165) is 4.31 Å². The molecule has 1 fully saturated rings. The molecule has 2 aromatic rings. The van der Waals surface area contributed by atoms with Crippen LogP contribution in [0.15, 0.2) is 77.7 Å². The van der Waals surface area contributed by atoms with Gasteiger partial charge in [-0.3, -0.25) is 9.59 Å². The first-order valence-corrected chi connectivity index (χ1v) is 12.3. The summed E-state index contributed by atoms with van der Waals surface area (Å²) in [5, 5.41) is 12.6. The number of rotatable bonds is 5. The molecule has 2 heterocycles. The fraction of sp³-hybridized carbons (Fsp3) is 0.292. The van der Waals surface area contributed by atoms with Crippen molar-refractivity contribution in [2.45, 2.75) is 35.9 Å². The zero-order valence-corrected chi connectivity index (χ0v) is 19.1. The van der Waals surface area contributed by atoms with Gasteiger partial charge in [0.25, 0.3) is 5.91 Å². The third-order valence-corrected chi connectivity index (χ3v) is 7.87. The van der Waals surface area contributed by atoms with Crippen LogP contribution in [0.25, 0.3) is 0 Å². The van der Waals surface area contributed by atoms with Gasteiger partial charge in [-0.05, 0) is 37.1 Å². The van der Waals surface area contributed by atoms with E-state index < -0.39 is 45.9 Å². The number of carbonyl (C=O) groups is 3. The molecule has 0 aromatic heterocycles. The Morgan fingerprint density at radius 1 is 0.912 bits per heavy atom. The molecule has 2 N–H and O–H groups in total. The highest BCUT2D eigenvalue weighted by Crippen LogP contribution is 2.27. The molecular formula is C24H25N3O6S. The minimum absolute atomic E-state index is 0.0452. The largest absolute Gasteiger partial charge is 0.480 e. The lowest BCUT2D eigenvalue weighted by molar-refractivity contribution is -0.156. The summed E-state index contributed by atoms with van der Waals surface area (Å²) < 4.78 is 27.5. The Balaban J connectivity index is 1.62. The van der Waals surface area contributed by atoms with E-state index in [1.165, 1.54) is 17.0 Å². The van der Waals surface area contributed by atoms with Crippen molar-refractivity contribution in [1.82, 2.24) is 14.5 Å². The van der Waals surface area contributed by atoms with Crippen LogP contribution < -0.4 is 5.32 Å². The van der Waals surface area contributed by atoms with Gasteiger partial charge in [0.15, 0.2) is 0 Å². The predicted molar refractivity (Wildman–Crippen MR) is 123 cm³/mol. The van der Waals surface area contributed by atoms with Crippen LogP contribution in [-0.2, 0) is 19.6 Å². The first-order valence-electron chi connectivity index (χ1n) is 10.9. The van der Waals surface area contributed by atoms with Crippen molar-refractivity contribution in [2.75, 3.05) is 13.1 Å². The second kappa shape index (κ2) is 9.78.